The SMILES string of the molecule is O=C(NCCCCCCNCCO)OCc1ccccc1.O=C(NCCCCCCO)OCc1ccccc1. The Morgan fingerprint density at radius 3 is 1.41 bits per heavy atom. The molecular formula is C30H47N3O6. The van der Waals surface area contributed by atoms with Crippen LogP contribution < -0.4 is 16.0 Å². The average Bonchev–Trinajstić information content (AvgIpc) is 2.97. The van der Waals surface area contributed by atoms with E-state index in [0.717, 1.165) is 69.0 Å². The number of benzene rings is 2. The summed E-state index contributed by atoms with van der Waals surface area (Å²) in [4.78, 5) is 22.8. The van der Waals surface area contributed by atoms with Crippen molar-refractivity contribution in [3.8, 4) is 0 Å². The number of carbonyl (C=O) groups excluding carboxylic acids is 2. The summed E-state index contributed by atoms with van der Waals surface area (Å²) in [5, 5.41) is 25.8. The van der Waals surface area contributed by atoms with Gasteiger partial charge in [-0.1, -0.05) is 86.3 Å². The summed E-state index contributed by atoms with van der Waals surface area (Å²) in [6.45, 7) is 3.92. The fourth-order valence-electron chi connectivity index (χ4n) is 3.45. The Labute approximate surface area is 233 Å². The molecule has 5 N–H and O–H groups in total. The fraction of sp³-hybridized carbons (Fsp3) is 0.533. The summed E-state index contributed by atoms with van der Waals surface area (Å²) in [6, 6.07) is 19.2. The van der Waals surface area contributed by atoms with E-state index in [0.29, 0.717) is 32.8 Å². The Morgan fingerprint density at radius 2 is 0.974 bits per heavy atom. The summed E-state index contributed by atoms with van der Waals surface area (Å²) in [5.74, 6) is 0. The van der Waals surface area contributed by atoms with Crippen molar-refractivity contribution in [1.82, 2.24) is 16.0 Å². The molecule has 0 aliphatic carbocycles. The minimum Gasteiger partial charge on any atom is -0.445 e. The van der Waals surface area contributed by atoms with Crippen molar-refractivity contribution >= 4 is 12.2 Å². The van der Waals surface area contributed by atoms with Crippen molar-refractivity contribution in [2.75, 3.05) is 39.4 Å². The van der Waals surface area contributed by atoms with Gasteiger partial charge in [0.05, 0.1) is 6.61 Å². The predicted octanol–water partition coefficient (Wildman–Crippen LogP) is 4.52. The van der Waals surface area contributed by atoms with Gasteiger partial charge in [0.25, 0.3) is 0 Å². The van der Waals surface area contributed by atoms with E-state index in [9.17, 15) is 9.59 Å². The normalized spacial score (nSPS) is 10.2. The van der Waals surface area contributed by atoms with Crippen LogP contribution in [-0.2, 0) is 22.7 Å². The standard InChI is InChI=1S/C16H26N2O3.C14H21NO3/c19-13-12-17-10-6-1-2-7-11-18-16(20)21-14-15-8-4-3-5-9-15;16-11-7-2-1-6-10-15-14(17)18-12-13-8-4-3-5-9-13/h3-5,8-9,17,19H,1-2,6-7,10-14H2,(H,18,20);3-5,8-9,16H,1-2,6-7,10-12H2,(H,15,17). The van der Waals surface area contributed by atoms with E-state index >= 15 is 0 Å². The van der Waals surface area contributed by atoms with Crippen molar-refractivity contribution in [1.29, 1.82) is 0 Å². The van der Waals surface area contributed by atoms with E-state index < -0.39 is 0 Å². The van der Waals surface area contributed by atoms with Gasteiger partial charge in [-0.05, 0) is 43.4 Å². The Balaban J connectivity index is 0.000000395. The minimum atomic E-state index is -0.374. The molecule has 9 heteroatoms. The summed E-state index contributed by atoms with van der Waals surface area (Å²) in [6.07, 6.45) is 7.29. The van der Waals surface area contributed by atoms with Crippen LogP contribution in [0.1, 0.15) is 62.5 Å². The summed E-state index contributed by atoms with van der Waals surface area (Å²) in [7, 11) is 0. The van der Waals surface area contributed by atoms with Gasteiger partial charge >= 0.3 is 12.2 Å². The number of amides is 2. The number of nitrogens with one attached hydrogen (secondary N) is 3. The van der Waals surface area contributed by atoms with E-state index in [1.54, 1.807) is 0 Å². The van der Waals surface area contributed by atoms with Gasteiger partial charge in [-0.25, -0.2) is 9.59 Å². The maximum absolute atomic E-state index is 11.5. The third kappa shape index (κ3) is 21.5. The molecule has 2 aromatic carbocycles. The van der Waals surface area contributed by atoms with E-state index in [-0.39, 0.29) is 25.4 Å². The Kier molecular flexibility index (Phi) is 21.9. The molecule has 218 valence electrons. The average molecular weight is 546 g/mol. The molecule has 0 aliphatic rings. The number of unbranched alkanes of at least 4 members (excludes halogenated alkanes) is 6. The predicted molar refractivity (Wildman–Crippen MR) is 153 cm³/mol. The lowest BCUT2D eigenvalue weighted by atomic mass is 10.2. The quantitative estimate of drug-likeness (QED) is 0.164. The van der Waals surface area contributed by atoms with Gasteiger partial charge in [-0.3, -0.25) is 0 Å². The number of hydrogen-bond acceptors (Lipinski definition) is 7. The summed E-state index contributed by atoms with van der Waals surface area (Å²) in [5.41, 5.74) is 1.97. The number of hydrogen-bond donors (Lipinski definition) is 5. The number of carbonyl (C=O) groups is 2. The zero-order valence-corrected chi connectivity index (χ0v) is 23.1. The third-order valence-corrected chi connectivity index (χ3v) is 5.62. The largest absolute Gasteiger partial charge is 0.445 e. The van der Waals surface area contributed by atoms with Gasteiger partial charge in [0.2, 0.25) is 0 Å². The molecule has 9 nitrogen and oxygen atoms in total. The topological polar surface area (TPSA) is 129 Å². The van der Waals surface area contributed by atoms with Crippen LogP contribution in [0.15, 0.2) is 60.7 Å². The lowest BCUT2D eigenvalue weighted by molar-refractivity contribution is 0.138. The van der Waals surface area contributed by atoms with Gasteiger partial charge in [0, 0.05) is 26.2 Å². The molecule has 39 heavy (non-hydrogen) atoms. The van der Waals surface area contributed by atoms with Crippen molar-refractivity contribution in [3.63, 3.8) is 0 Å². The lowest BCUT2D eigenvalue weighted by Crippen LogP contribution is -2.25. The molecule has 0 saturated carbocycles. The molecule has 0 atom stereocenters. The fourth-order valence-corrected chi connectivity index (χ4v) is 3.45. The second-order valence-corrected chi connectivity index (χ2v) is 9.00. The van der Waals surface area contributed by atoms with E-state index in [1.807, 2.05) is 60.7 Å². The minimum absolute atomic E-state index is 0.189. The third-order valence-electron chi connectivity index (χ3n) is 5.62. The lowest BCUT2D eigenvalue weighted by Gasteiger charge is -2.07. The maximum Gasteiger partial charge on any atom is 0.407 e. The van der Waals surface area contributed by atoms with Gasteiger partial charge in [-0.15, -0.1) is 0 Å². The number of aliphatic hydroxyl groups excluding tert-OH is 2. The molecule has 0 aromatic heterocycles. The van der Waals surface area contributed by atoms with Gasteiger partial charge in [-0.2, -0.15) is 0 Å². The number of rotatable bonds is 19. The number of ether oxygens (including phenoxy) is 2. The monoisotopic (exact) mass is 545 g/mol. The highest BCUT2D eigenvalue weighted by atomic mass is 16.6. The van der Waals surface area contributed by atoms with Crippen LogP contribution in [0.3, 0.4) is 0 Å². The Hall–Kier alpha value is -3.14. The number of alkyl carbamates (subject to hydrolysis) is 2. The maximum atomic E-state index is 11.5. The first kappa shape index (κ1) is 33.9. The van der Waals surface area contributed by atoms with Crippen molar-refractivity contribution in [3.05, 3.63) is 71.8 Å². The molecule has 0 radical (unpaired) electrons. The Morgan fingerprint density at radius 1 is 0.538 bits per heavy atom. The highest BCUT2D eigenvalue weighted by Crippen LogP contribution is 2.02. The molecule has 0 saturated heterocycles. The van der Waals surface area contributed by atoms with Crippen molar-refractivity contribution < 1.29 is 29.3 Å². The summed E-state index contributed by atoms with van der Waals surface area (Å²) < 4.78 is 10.2. The zero-order valence-electron chi connectivity index (χ0n) is 23.1. The first-order chi connectivity index (χ1) is 19.2. The zero-order chi connectivity index (χ0) is 28.2. The molecular weight excluding hydrogens is 498 g/mol. The van der Waals surface area contributed by atoms with Crippen LogP contribution in [-0.4, -0.2) is 61.8 Å². The second kappa shape index (κ2) is 25.2. The molecule has 0 spiro atoms. The molecule has 2 rings (SSSR count). The highest BCUT2D eigenvalue weighted by molar-refractivity contribution is 5.67. The van der Waals surface area contributed by atoms with Crippen LogP contribution in [0.4, 0.5) is 9.59 Å². The summed E-state index contributed by atoms with van der Waals surface area (Å²) >= 11 is 0. The van der Waals surface area contributed by atoms with Gasteiger partial charge in [0.1, 0.15) is 13.2 Å². The first-order valence-corrected chi connectivity index (χ1v) is 14.0. The van der Waals surface area contributed by atoms with Gasteiger partial charge in [0.15, 0.2) is 0 Å². The van der Waals surface area contributed by atoms with Crippen LogP contribution in [0, 0.1) is 0 Å². The van der Waals surface area contributed by atoms with E-state index in [2.05, 4.69) is 16.0 Å². The molecule has 0 aliphatic heterocycles. The van der Waals surface area contributed by atoms with Crippen LogP contribution in [0.25, 0.3) is 0 Å². The van der Waals surface area contributed by atoms with Crippen LogP contribution >= 0.6 is 0 Å². The molecule has 0 bridgehead atoms. The van der Waals surface area contributed by atoms with Crippen LogP contribution in [0.5, 0.6) is 0 Å². The smallest absolute Gasteiger partial charge is 0.407 e. The van der Waals surface area contributed by atoms with Crippen molar-refractivity contribution in [2.24, 2.45) is 0 Å². The van der Waals surface area contributed by atoms with Crippen LogP contribution in [0.2, 0.25) is 0 Å². The molecule has 0 unspecified atom stereocenters. The molecule has 2 aromatic rings. The van der Waals surface area contributed by atoms with E-state index in [4.69, 9.17) is 19.7 Å². The van der Waals surface area contributed by atoms with Crippen molar-refractivity contribution in [2.45, 2.75) is 64.6 Å². The molecule has 0 fully saturated rings. The second-order valence-electron chi connectivity index (χ2n) is 9.00. The number of aliphatic hydroxyl groups is 2. The van der Waals surface area contributed by atoms with Gasteiger partial charge < -0.3 is 35.6 Å². The first-order valence-electron chi connectivity index (χ1n) is 14.0. The van der Waals surface area contributed by atoms with E-state index in [1.165, 1.54) is 0 Å². The molecule has 2 amide bonds. The molecule has 0 heterocycles. The Bertz CT molecular complexity index is 839. The highest BCUT2D eigenvalue weighted by Gasteiger charge is 2.02.